The van der Waals surface area contributed by atoms with Gasteiger partial charge in [0.2, 0.25) is 47.3 Å². The lowest BCUT2D eigenvalue weighted by Gasteiger charge is -2.22. The van der Waals surface area contributed by atoms with Crippen LogP contribution in [0.5, 0.6) is 0 Å². The number of H-pyrrole nitrogens is 4. The number of aromatic nitrogens is 8. The number of amides is 8. The zero-order valence-corrected chi connectivity index (χ0v) is 48.6. The molecule has 0 saturated carbocycles. The number of nitrogens with one attached hydrogen (secondary N) is 12. The van der Waals surface area contributed by atoms with E-state index in [1.54, 1.807) is 6.92 Å². The van der Waals surface area contributed by atoms with Gasteiger partial charge in [-0.2, -0.15) is 0 Å². The molecule has 474 valence electrons. The molecule has 4 atom stereocenters. The quantitative estimate of drug-likeness (QED) is 0.0153. The number of carbonyl (C=O) groups excluding carboxylic acids is 9. The van der Waals surface area contributed by atoms with Gasteiger partial charge in [-0.25, -0.2) is 19.2 Å². The van der Waals surface area contributed by atoms with Crippen LogP contribution in [-0.4, -0.2) is 155 Å². The molecule has 14 N–H and O–H groups in total. The maximum absolute atomic E-state index is 13.9. The minimum atomic E-state index is -1.37. The number of nitrogens with zero attached hydrogens (tertiary/aromatic N) is 4. The molecule has 0 aliphatic rings. The van der Waals surface area contributed by atoms with Crippen molar-refractivity contribution in [1.82, 2.24) is 80.7 Å². The Morgan fingerprint density at radius 1 is 0.425 bits per heavy atom. The summed E-state index contributed by atoms with van der Waals surface area (Å²) < 4.78 is 8.52. The van der Waals surface area contributed by atoms with E-state index in [-0.39, 0.29) is 100.0 Å². The van der Waals surface area contributed by atoms with Crippen molar-refractivity contribution in [2.75, 3.05) is 39.3 Å². The molecule has 0 fully saturated rings. The highest BCUT2D eigenvalue weighted by Crippen LogP contribution is 2.05. The zero-order valence-electron chi connectivity index (χ0n) is 48.6. The van der Waals surface area contributed by atoms with Gasteiger partial charge in [0.05, 0.1) is 6.61 Å². The van der Waals surface area contributed by atoms with Gasteiger partial charge in [0.25, 0.3) is 22.2 Å². The van der Waals surface area contributed by atoms with Gasteiger partial charge in [-0.1, -0.05) is 0 Å². The number of hydrogen-bond acceptors (Lipinski definition) is 19. The lowest BCUT2D eigenvalue weighted by molar-refractivity contribution is -0.143. The second-order valence-corrected chi connectivity index (χ2v) is 20.0. The average molecular weight is 1220 g/mol. The third-order valence-corrected chi connectivity index (χ3v) is 12.9. The molecule has 0 aliphatic carbocycles. The van der Waals surface area contributed by atoms with Crippen LogP contribution in [0, 0.1) is 27.7 Å². The number of hydrogen-bond donors (Lipinski definition) is 13. The van der Waals surface area contributed by atoms with Crippen LogP contribution in [-0.2, 0) is 74.1 Å². The Morgan fingerprint density at radius 2 is 0.678 bits per heavy atom. The predicted octanol–water partition coefficient (Wildman–Crippen LogP) is -7.53. The minimum Gasteiger partial charge on any atom is -0.465 e. The number of rotatable bonds is 34. The second-order valence-electron chi connectivity index (χ2n) is 20.0. The molecular formula is C52H73N17O18. The molecule has 4 aromatic rings. The first-order valence-corrected chi connectivity index (χ1v) is 27.5. The molecule has 0 aromatic carbocycles. The van der Waals surface area contributed by atoms with Crippen LogP contribution in [0.4, 0.5) is 0 Å². The van der Waals surface area contributed by atoms with Crippen molar-refractivity contribution in [3.63, 3.8) is 0 Å². The highest BCUT2D eigenvalue weighted by molar-refractivity contribution is 5.91. The fraction of sp³-hybridized carbons (Fsp3) is 0.519. The summed E-state index contributed by atoms with van der Waals surface area (Å²) in [7, 11) is 0. The Kier molecular flexibility index (Phi) is 27.1. The van der Waals surface area contributed by atoms with E-state index in [1.165, 1.54) is 33.9 Å². The fourth-order valence-electron chi connectivity index (χ4n) is 8.34. The van der Waals surface area contributed by atoms with Gasteiger partial charge in [-0.3, -0.25) is 101 Å². The van der Waals surface area contributed by atoms with E-state index < -0.39 is 155 Å². The Labute approximate surface area is 492 Å². The standard InChI is InChI=1S/C52H73N17O18/c1-6-87-40(74)19-57-48(82)35(61-39(73)27-69-23-31(5)44(78)65-52(69)86)14-10-18-56-47(81)34(60-38(72)26-68-22-30(4)43(77)64-51(68)85)13-9-17-55-46(80)33(59-37(71)25-67-21-29(3)42(76)63-50(67)84)12-8-16-54-45(79)32(11-7-15-53)58-36(70)24-66-20-28(2)41(75)62-49(66)83/h20-23,32-35H,6-19,24-27,53H2,1-5H3,(H,54,79)(H,55,80)(H,56,81)(H,57,82)(H,58,70)(H,59,71)(H,60,72)(H,61,73)(H,62,75,83)(H,63,76,84)(H,64,77,85)(H,65,78,86)/t32-,33-,34-,35-/m0/s1. The van der Waals surface area contributed by atoms with Gasteiger partial charge in [-0.15, -0.1) is 0 Å². The fourth-order valence-corrected chi connectivity index (χ4v) is 8.34. The monoisotopic (exact) mass is 1220 g/mol. The number of aromatic amines is 4. The third kappa shape index (κ3) is 22.8. The second kappa shape index (κ2) is 34.0. The van der Waals surface area contributed by atoms with E-state index in [0.717, 1.165) is 36.9 Å². The van der Waals surface area contributed by atoms with Gasteiger partial charge in [-0.05, 0) is 92.5 Å². The molecule has 35 nitrogen and oxygen atoms in total. The molecule has 35 heteroatoms. The molecule has 0 bridgehead atoms. The van der Waals surface area contributed by atoms with Crippen molar-refractivity contribution in [1.29, 1.82) is 0 Å². The van der Waals surface area contributed by atoms with Gasteiger partial charge in [0, 0.05) is 66.7 Å². The summed E-state index contributed by atoms with van der Waals surface area (Å²) in [6, 6.07) is -5.18. The molecule has 0 unspecified atom stereocenters. The molecule has 0 saturated heterocycles. The van der Waals surface area contributed by atoms with E-state index in [4.69, 9.17) is 10.5 Å². The van der Waals surface area contributed by atoms with E-state index in [0.29, 0.717) is 6.42 Å². The molecule has 4 heterocycles. The van der Waals surface area contributed by atoms with Crippen LogP contribution in [0.25, 0.3) is 0 Å². The number of esters is 1. The van der Waals surface area contributed by atoms with Crippen LogP contribution < -0.4 is 93.3 Å². The normalized spacial score (nSPS) is 12.3. The van der Waals surface area contributed by atoms with E-state index >= 15 is 0 Å². The van der Waals surface area contributed by atoms with Crippen molar-refractivity contribution < 1.29 is 47.9 Å². The number of aryl methyl sites for hydroxylation is 4. The molecule has 8 amide bonds. The number of carbonyl (C=O) groups is 9. The molecule has 87 heavy (non-hydrogen) atoms. The van der Waals surface area contributed by atoms with E-state index in [2.05, 4.69) is 62.5 Å². The lowest BCUT2D eigenvalue weighted by Crippen LogP contribution is -2.51. The largest absolute Gasteiger partial charge is 0.465 e. The van der Waals surface area contributed by atoms with Crippen LogP contribution in [0.15, 0.2) is 63.1 Å². The van der Waals surface area contributed by atoms with Crippen molar-refractivity contribution >= 4 is 53.2 Å². The first-order chi connectivity index (χ1) is 41.2. The molecule has 0 radical (unpaired) electrons. The van der Waals surface area contributed by atoms with E-state index in [1.807, 2.05) is 0 Å². The Balaban J connectivity index is 1.47. The maximum atomic E-state index is 13.9. The molecule has 4 rings (SSSR count). The maximum Gasteiger partial charge on any atom is 0.328 e. The predicted molar refractivity (Wildman–Crippen MR) is 307 cm³/mol. The van der Waals surface area contributed by atoms with Gasteiger partial charge >= 0.3 is 28.7 Å². The molecular weight excluding hydrogens is 1150 g/mol. The van der Waals surface area contributed by atoms with Crippen LogP contribution in [0.1, 0.15) is 80.5 Å². The molecule has 0 spiro atoms. The highest BCUT2D eigenvalue weighted by atomic mass is 16.5. The summed E-state index contributed by atoms with van der Waals surface area (Å²) in [5.74, 6) is -7.08. The van der Waals surface area contributed by atoms with Gasteiger partial charge in [0.1, 0.15) is 56.9 Å². The van der Waals surface area contributed by atoms with Crippen molar-refractivity contribution in [2.24, 2.45) is 5.73 Å². The third-order valence-electron chi connectivity index (χ3n) is 12.9. The summed E-state index contributed by atoms with van der Waals surface area (Å²) in [6.45, 7) is 3.88. The van der Waals surface area contributed by atoms with Gasteiger partial charge in [0.15, 0.2) is 0 Å². The van der Waals surface area contributed by atoms with Crippen LogP contribution in [0.3, 0.4) is 0 Å². The number of nitrogens with two attached hydrogens (primary N) is 1. The lowest BCUT2D eigenvalue weighted by atomic mass is 10.1. The molecule has 0 aliphatic heterocycles. The summed E-state index contributed by atoms with van der Waals surface area (Å²) in [5.41, 5.74) is -0.0819. The van der Waals surface area contributed by atoms with Crippen molar-refractivity contribution in [3.8, 4) is 0 Å². The SMILES string of the molecule is CCOC(=O)CNC(=O)[C@H](CCCNC(=O)[C@H](CCCNC(=O)[C@H](CCCNC(=O)[C@H](CCCN)NC(=O)Cn1cc(C)c(=O)[nH]c1=O)NC(=O)Cn1cc(C)c(=O)[nH]c1=O)NC(=O)Cn1cc(C)c(=O)[nH]c1=O)NC(=O)Cn1cc(C)c(=O)[nH]c1=O. The van der Waals surface area contributed by atoms with Crippen molar-refractivity contribution in [3.05, 3.63) is 130 Å². The summed E-state index contributed by atoms with van der Waals surface area (Å²) in [5, 5.41) is 20.4. The summed E-state index contributed by atoms with van der Waals surface area (Å²) in [4.78, 5) is 225. The Morgan fingerprint density at radius 3 is 0.931 bits per heavy atom. The summed E-state index contributed by atoms with van der Waals surface area (Å²) >= 11 is 0. The summed E-state index contributed by atoms with van der Waals surface area (Å²) in [6.07, 6.45) is 4.50. The van der Waals surface area contributed by atoms with Crippen molar-refractivity contribution in [2.45, 2.75) is 136 Å². The van der Waals surface area contributed by atoms with E-state index in [9.17, 15) is 81.5 Å². The molecule has 4 aromatic heterocycles. The highest BCUT2D eigenvalue weighted by Gasteiger charge is 2.27. The number of ether oxygens (including phenoxy) is 1. The smallest absolute Gasteiger partial charge is 0.328 e. The Hall–Kier alpha value is -10.1. The topological polar surface area (TPSA) is 505 Å². The Bertz CT molecular complexity index is 3660. The van der Waals surface area contributed by atoms with Crippen LogP contribution in [0.2, 0.25) is 0 Å². The minimum absolute atomic E-state index is 0.0151. The zero-order chi connectivity index (χ0) is 64.5. The van der Waals surface area contributed by atoms with Gasteiger partial charge < -0.3 is 53.0 Å². The first-order valence-electron chi connectivity index (χ1n) is 27.5. The van der Waals surface area contributed by atoms with Crippen LogP contribution >= 0.6 is 0 Å². The average Bonchev–Trinajstić information content (AvgIpc) is 3.17. The first kappa shape index (κ1) is 69.4.